The molecule has 5 rings (SSSR count). The lowest BCUT2D eigenvalue weighted by Gasteiger charge is -2.07. The molecule has 3 aromatic heterocycles. The van der Waals surface area contributed by atoms with Crippen LogP contribution in [0.2, 0.25) is 0 Å². The Morgan fingerprint density at radius 2 is 1.75 bits per heavy atom. The average molecular weight is 332 g/mol. The van der Waals surface area contributed by atoms with E-state index in [4.69, 9.17) is 14.5 Å². The molecule has 116 valence electrons. The van der Waals surface area contributed by atoms with Crippen molar-refractivity contribution in [2.45, 2.75) is 10.9 Å². The number of thioether (sulfide) groups is 1. The van der Waals surface area contributed by atoms with E-state index in [1.165, 1.54) is 0 Å². The molecule has 5 nitrogen and oxygen atoms in total. The van der Waals surface area contributed by atoms with Crippen LogP contribution in [0, 0.1) is 0 Å². The van der Waals surface area contributed by atoms with Crippen molar-refractivity contribution in [3.05, 3.63) is 66.6 Å². The van der Waals surface area contributed by atoms with Crippen LogP contribution in [-0.2, 0) is 5.75 Å². The maximum absolute atomic E-state index is 4.91. The number of para-hydroxylation sites is 3. The first kappa shape index (κ1) is 13.6. The lowest BCUT2D eigenvalue weighted by molar-refractivity contribution is 0.414. The fourth-order valence-electron chi connectivity index (χ4n) is 2.86. The Bertz CT molecular complexity index is 1160. The summed E-state index contributed by atoms with van der Waals surface area (Å²) in [4.78, 5) is 9.68. The third-order valence-electron chi connectivity index (χ3n) is 3.95. The summed E-state index contributed by atoms with van der Waals surface area (Å²) in [5.41, 5.74) is 4.81. The highest BCUT2D eigenvalue weighted by atomic mass is 32.2. The lowest BCUT2D eigenvalue weighted by atomic mass is 10.2. The maximum Gasteiger partial charge on any atom is 0.175 e. The standard InChI is InChI=1S/C18H12N4OS/c1-2-6-14-13(5-1)17-19-15-7-3-4-8-16(15)22(17)18(20-14)24-11-12-9-10-23-21-12/h1-10H,11H2. The van der Waals surface area contributed by atoms with Crippen LogP contribution in [0.3, 0.4) is 0 Å². The monoisotopic (exact) mass is 332 g/mol. The van der Waals surface area contributed by atoms with E-state index in [9.17, 15) is 0 Å². The number of hydrogen-bond donors (Lipinski definition) is 0. The van der Waals surface area contributed by atoms with Gasteiger partial charge in [0.2, 0.25) is 0 Å². The molecule has 0 spiro atoms. The van der Waals surface area contributed by atoms with Gasteiger partial charge in [0.25, 0.3) is 0 Å². The lowest BCUT2D eigenvalue weighted by Crippen LogP contribution is -1.97. The Labute approximate surface area is 141 Å². The fourth-order valence-corrected chi connectivity index (χ4v) is 3.76. The van der Waals surface area contributed by atoms with E-state index in [1.54, 1.807) is 18.0 Å². The van der Waals surface area contributed by atoms with Gasteiger partial charge in [-0.05, 0) is 24.3 Å². The van der Waals surface area contributed by atoms with Gasteiger partial charge in [-0.25, -0.2) is 9.97 Å². The minimum atomic E-state index is 0.698. The first-order chi connectivity index (χ1) is 11.9. The molecule has 0 N–H and O–H groups in total. The fraction of sp³-hybridized carbons (Fsp3) is 0.0556. The minimum absolute atomic E-state index is 0.698. The van der Waals surface area contributed by atoms with Crippen LogP contribution in [0.5, 0.6) is 0 Å². The van der Waals surface area contributed by atoms with Crippen LogP contribution in [0.25, 0.3) is 27.6 Å². The summed E-state index contributed by atoms with van der Waals surface area (Å²) in [6.45, 7) is 0. The number of benzene rings is 2. The molecule has 0 saturated carbocycles. The number of nitrogens with zero attached hydrogens (tertiary/aromatic N) is 4. The van der Waals surface area contributed by atoms with Gasteiger partial charge >= 0.3 is 0 Å². The largest absolute Gasteiger partial charge is 0.364 e. The van der Waals surface area contributed by atoms with Crippen molar-refractivity contribution in [2.75, 3.05) is 0 Å². The zero-order chi connectivity index (χ0) is 15.9. The van der Waals surface area contributed by atoms with Gasteiger partial charge in [0.05, 0.1) is 22.2 Å². The van der Waals surface area contributed by atoms with Gasteiger partial charge in [-0.3, -0.25) is 4.40 Å². The molecule has 0 radical (unpaired) electrons. The Balaban J connectivity index is 1.79. The van der Waals surface area contributed by atoms with Crippen molar-refractivity contribution in [3.63, 3.8) is 0 Å². The second-order valence-corrected chi connectivity index (χ2v) is 6.39. The van der Waals surface area contributed by atoms with Crippen molar-refractivity contribution < 1.29 is 4.52 Å². The predicted octanol–water partition coefficient (Wildman–Crippen LogP) is 4.32. The second kappa shape index (κ2) is 5.35. The van der Waals surface area contributed by atoms with E-state index in [0.29, 0.717) is 5.75 Å². The summed E-state index contributed by atoms with van der Waals surface area (Å²) in [6.07, 6.45) is 1.59. The van der Waals surface area contributed by atoms with Crippen molar-refractivity contribution in [3.8, 4) is 0 Å². The highest BCUT2D eigenvalue weighted by molar-refractivity contribution is 7.98. The van der Waals surface area contributed by atoms with Gasteiger partial charge in [-0.1, -0.05) is 41.2 Å². The Morgan fingerprint density at radius 1 is 0.917 bits per heavy atom. The smallest absolute Gasteiger partial charge is 0.175 e. The highest BCUT2D eigenvalue weighted by Gasteiger charge is 2.14. The van der Waals surface area contributed by atoms with Crippen LogP contribution in [0.1, 0.15) is 5.69 Å². The van der Waals surface area contributed by atoms with Crippen LogP contribution in [0.15, 0.2) is 70.5 Å². The number of imidazole rings is 1. The number of aromatic nitrogens is 4. The topological polar surface area (TPSA) is 56.2 Å². The quantitative estimate of drug-likeness (QED) is 0.364. The predicted molar refractivity (Wildman–Crippen MR) is 94.1 cm³/mol. The van der Waals surface area contributed by atoms with Crippen molar-refractivity contribution >= 4 is 39.3 Å². The van der Waals surface area contributed by atoms with Crippen LogP contribution >= 0.6 is 11.8 Å². The molecule has 0 bridgehead atoms. The van der Waals surface area contributed by atoms with Crippen LogP contribution < -0.4 is 0 Å². The highest BCUT2D eigenvalue weighted by Crippen LogP contribution is 2.30. The molecule has 2 aromatic carbocycles. The van der Waals surface area contributed by atoms with Gasteiger partial charge in [-0.2, -0.15) is 0 Å². The zero-order valence-electron chi connectivity index (χ0n) is 12.6. The number of rotatable bonds is 3. The molecule has 3 heterocycles. The minimum Gasteiger partial charge on any atom is -0.364 e. The SMILES string of the molecule is c1ccc2c(c1)nc(SCc1ccon1)n1c3ccccc3nc21. The summed E-state index contributed by atoms with van der Waals surface area (Å²) in [5, 5.41) is 5.93. The Kier molecular flexibility index (Phi) is 3.02. The van der Waals surface area contributed by atoms with E-state index in [0.717, 1.165) is 38.4 Å². The second-order valence-electron chi connectivity index (χ2n) is 5.45. The van der Waals surface area contributed by atoms with Gasteiger partial charge in [0.15, 0.2) is 5.16 Å². The normalized spacial score (nSPS) is 11.7. The molecule has 0 atom stereocenters. The molecular weight excluding hydrogens is 320 g/mol. The molecule has 6 heteroatoms. The molecule has 0 unspecified atom stereocenters. The summed E-state index contributed by atoms with van der Waals surface area (Å²) >= 11 is 1.63. The zero-order valence-corrected chi connectivity index (χ0v) is 13.4. The van der Waals surface area contributed by atoms with E-state index < -0.39 is 0 Å². The molecule has 0 saturated heterocycles. The third kappa shape index (κ3) is 2.07. The van der Waals surface area contributed by atoms with Gasteiger partial charge < -0.3 is 4.52 Å². The van der Waals surface area contributed by atoms with Crippen molar-refractivity contribution in [1.82, 2.24) is 19.5 Å². The Hall–Kier alpha value is -2.86. The van der Waals surface area contributed by atoms with Gasteiger partial charge in [0, 0.05) is 17.2 Å². The van der Waals surface area contributed by atoms with Gasteiger partial charge in [0.1, 0.15) is 11.9 Å². The first-order valence-electron chi connectivity index (χ1n) is 7.58. The third-order valence-corrected chi connectivity index (χ3v) is 4.93. The average Bonchev–Trinajstić information content (AvgIpc) is 3.27. The molecular formula is C18H12N4OS. The summed E-state index contributed by atoms with van der Waals surface area (Å²) < 4.78 is 7.04. The molecule has 24 heavy (non-hydrogen) atoms. The van der Waals surface area contributed by atoms with E-state index >= 15 is 0 Å². The summed E-state index contributed by atoms with van der Waals surface area (Å²) in [6, 6.07) is 18.1. The van der Waals surface area contributed by atoms with Crippen LogP contribution in [-0.4, -0.2) is 19.5 Å². The molecule has 0 aliphatic carbocycles. The van der Waals surface area contributed by atoms with E-state index in [2.05, 4.69) is 21.7 Å². The summed E-state index contributed by atoms with van der Waals surface area (Å²) in [5.74, 6) is 0.698. The molecule has 0 amide bonds. The first-order valence-corrected chi connectivity index (χ1v) is 8.57. The molecule has 0 aliphatic heterocycles. The van der Waals surface area contributed by atoms with Crippen LogP contribution in [0.4, 0.5) is 0 Å². The van der Waals surface area contributed by atoms with Gasteiger partial charge in [-0.15, -0.1) is 0 Å². The number of hydrogen-bond acceptors (Lipinski definition) is 5. The summed E-state index contributed by atoms with van der Waals surface area (Å²) in [7, 11) is 0. The molecule has 0 aliphatic rings. The van der Waals surface area contributed by atoms with Crippen molar-refractivity contribution in [1.29, 1.82) is 0 Å². The Morgan fingerprint density at radius 3 is 2.62 bits per heavy atom. The van der Waals surface area contributed by atoms with E-state index in [-0.39, 0.29) is 0 Å². The van der Waals surface area contributed by atoms with Crippen molar-refractivity contribution in [2.24, 2.45) is 0 Å². The maximum atomic E-state index is 4.91. The number of fused-ring (bicyclic) bond motifs is 5. The molecule has 0 fully saturated rings. The van der Waals surface area contributed by atoms with E-state index in [1.807, 2.05) is 42.5 Å². The molecule has 5 aromatic rings.